The highest BCUT2D eigenvalue weighted by atomic mass is 16.5. The summed E-state index contributed by atoms with van der Waals surface area (Å²) in [5.74, 6) is -0.739. The zero-order valence-corrected chi connectivity index (χ0v) is 18.0. The molecule has 0 unspecified atom stereocenters. The second kappa shape index (κ2) is 8.92. The third kappa shape index (κ3) is 4.07. The lowest BCUT2D eigenvalue weighted by Gasteiger charge is -2.48. The summed E-state index contributed by atoms with van der Waals surface area (Å²) in [5, 5.41) is 0. The first kappa shape index (κ1) is 21.1. The summed E-state index contributed by atoms with van der Waals surface area (Å²) >= 11 is 0. The summed E-state index contributed by atoms with van der Waals surface area (Å²) in [4.78, 5) is 42.9. The van der Waals surface area contributed by atoms with Crippen molar-refractivity contribution in [2.45, 2.75) is 57.8 Å². The molecule has 0 saturated carbocycles. The third-order valence-corrected chi connectivity index (χ3v) is 6.29. The van der Waals surface area contributed by atoms with Gasteiger partial charge in [0.1, 0.15) is 18.1 Å². The molecule has 2 aromatic carbocycles. The van der Waals surface area contributed by atoms with Crippen LogP contribution in [-0.2, 0) is 38.5 Å². The number of piperazine rings is 1. The van der Waals surface area contributed by atoms with E-state index in [9.17, 15) is 14.4 Å². The first-order chi connectivity index (χ1) is 15.0. The van der Waals surface area contributed by atoms with Gasteiger partial charge in [-0.3, -0.25) is 9.59 Å². The van der Waals surface area contributed by atoms with Crippen molar-refractivity contribution in [3.63, 3.8) is 0 Å². The number of rotatable bonds is 6. The molecular formula is C25H28N2O4. The average molecular weight is 421 g/mol. The van der Waals surface area contributed by atoms with Crippen LogP contribution < -0.4 is 0 Å². The molecule has 0 N–H and O–H groups in total. The molecule has 6 heteroatoms. The van der Waals surface area contributed by atoms with Gasteiger partial charge in [0.15, 0.2) is 0 Å². The minimum absolute atomic E-state index is 0.117. The fourth-order valence-electron chi connectivity index (χ4n) is 4.68. The molecule has 2 heterocycles. The van der Waals surface area contributed by atoms with E-state index < -0.39 is 24.1 Å². The molecule has 2 aliphatic rings. The Hall–Kier alpha value is -3.15. The second-order valence-corrected chi connectivity index (χ2v) is 8.17. The molecule has 6 nitrogen and oxygen atoms in total. The standard InChI is InChI=1S/C25H28N2O4/c1-3-31-25(30)21(14-13-18-9-5-4-6-10-18)27-17(2)23(28)26-16-20-12-8-7-11-19(20)15-22(26)24(27)29/h4-12,17,21-22H,3,13-16H2,1-2H3/t17-,21-,22+/m0/s1. The Morgan fingerprint density at radius 3 is 2.42 bits per heavy atom. The molecular weight excluding hydrogens is 392 g/mol. The van der Waals surface area contributed by atoms with Gasteiger partial charge in [0.25, 0.3) is 0 Å². The lowest BCUT2D eigenvalue weighted by molar-refractivity contribution is -0.171. The minimum Gasteiger partial charge on any atom is -0.464 e. The zero-order chi connectivity index (χ0) is 22.0. The number of ether oxygens (including phenoxy) is 1. The first-order valence-corrected chi connectivity index (χ1v) is 10.9. The van der Waals surface area contributed by atoms with Crippen molar-refractivity contribution >= 4 is 17.8 Å². The highest BCUT2D eigenvalue weighted by molar-refractivity contribution is 5.99. The predicted molar refractivity (Wildman–Crippen MR) is 116 cm³/mol. The molecule has 0 aliphatic carbocycles. The van der Waals surface area contributed by atoms with E-state index >= 15 is 0 Å². The van der Waals surface area contributed by atoms with E-state index in [-0.39, 0.29) is 18.4 Å². The molecule has 0 radical (unpaired) electrons. The second-order valence-electron chi connectivity index (χ2n) is 8.17. The van der Waals surface area contributed by atoms with E-state index in [0.717, 1.165) is 16.7 Å². The number of benzene rings is 2. The van der Waals surface area contributed by atoms with Crippen molar-refractivity contribution in [3.8, 4) is 0 Å². The van der Waals surface area contributed by atoms with Gasteiger partial charge in [0, 0.05) is 13.0 Å². The number of nitrogens with zero attached hydrogens (tertiary/aromatic N) is 2. The fraction of sp³-hybridized carbons (Fsp3) is 0.400. The van der Waals surface area contributed by atoms with Crippen LogP contribution in [0.15, 0.2) is 54.6 Å². The predicted octanol–water partition coefficient (Wildman–Crippen LogP) is 2.74. The minimum atomic E-state index is -0.786. The molecule has 1 saturated heterocycles. The first-order valence-electron chi connectivity index (χ1n) is 10.9. The molecule has 162 valence electrons. The van der Waals surface area contributed by atoms with Crippen LogP contribution in [0.4, 0.5) is 0 Å². The smallest absolute Gasteiger partial charge is 0.328 e. The van der Waals surface area contributed by atoms with Crippen molar-refractivity contribution in [2.75, 3.05) is 6.61 Å². The quantitative estimate of drug-likeness (QED) is 0.674. The van der Waals surface area contributed by atoms with Crippen LogP contribution >= 0.6 is 0 Å². The molecule has 2 amide bonds. The topological polar surface area (TPSA) is 66.9 Å². The van der Waals surface area contributed by atoms with Gasteiger partial charge in [0.2, 0.25) is 11.8 Å². The van der Waals surface area contributed by atoms with Gasteiger partial charge >= 0.3 is 5.97 Å². The van der Waals surface area contributed by atoms with Gasteiger partial charge in [0.05, 0.1) is 6.61 Å². The molecule has 31 heavy (non-hydrogen) atoms. The van der Waals surface area contributed by atoms with Crippen molar-refractivity contribution in [1.82, 2.24) is 9.80 Å². The summed E-state index contributed by atoms with van der Waals surface area (Å²) in [6.07, 6.45) is 1.50. The summed E-state index contributed by atoms with van der Waals surface area (Å²) in [6.45, 7) is 4.12. The summed E-state index contributed by atoms with van der Waals surface area (Å²) < 4.78 is 5.31. The third-order valence-electron chi connectivity index (χ3n) is 6.29. The normalized spacial score (nSPS) is 21.4. The lowest BCUT2D eigenvalue weighted by Crippen LogP contribution is -2.68. The van der Waals surface area contributed by atoms with Crippen molar-refractivity contribution in [3.05, 3.63) is 71.3 Å². The Morgan fingerprint density at radius 1 is 1.03 bits per heavy atom. The Bertz CT molecular complexity index is 974. The summed E-state index contributed by atoms with van der Waals surface area (Å²) in [6, 6.07) is 15.7. The van der Waals surface area contributed by atoms with Crippen LogP contribution in [0.25, 0.3) is 0 Å². The number of esters is 1. The van der Waals surface area contributed by atoms with E-state index in [1.807, 2.05) is 54.6 Å². The number of aryl methyl sites for hydroxylation is 1. The molecule has 0 aromatic heterocycles. The van der Waals surface area contributed by atoms with E-state index in [4.69, 9.17) is 4.74 Å². The van der Waals surface area contributed by atoms with Crippen LogP contribution in [0.5, 0.6) is 0 Å². The monoisotopic (exact) mass is 420 g/mol. The van der Waals surface area contributed by atoms with E-state index in [0.29, 0.717) is 25.8 Å². The summed E-state index contributed by atoms with van der Waals surface area (Å²) in [5.41, 5.74) is 3.23. The largest absolute Gasteiger partial charge is 0.464 e. The Kier molecular flexibility index (Phi) is 6.07. The Labute approximate surface area is 182 Å². The maximum Gasteiger partial charge on any atom is 0.328 e. The van der Waals surface area contributed by atoms with Crippen molar-refractivity contribution in [1.29, 1.82) is 0 Å². The highest BCUT2D eigenvalue weighted by Crippen LogP contribution is 2.31. The molecule has 2 aliphatic heterocycles. The van der Waals surface area contributed by atoms with Gasteiger partial charge in [-0.25, -0.2) is 4.79 Å². The van der Waals surface area contributed by atoms with Crippen LogP contribution in [0.3, 0.4) is 0 Å². The molecule has 3 atom stereocenters. The van der Waals surface area contributed by atoms with E-state index in [1.54, 1.807) is 18.7 Å². The summed E-state index contributed by atoms with van der Waals surface area (Å²) in [7, 11) is 0. The van der Waals surface area contributed by atoms with Crippen LogP contribution in [0.1, 0.15) is 37.0 Å². The lowest BCUT2D eigenvalue weighted by atomic mass is 9.89. The zero-order valence-electron chi connectivity index (χ0n) is 18.0. The van der Waals surface area contributed by atoms with Gasteiger partial charge in [-0.15, -0.1) is 0 Å². The van der Waals surface area contributed by atoms with Gasteiger partial charge in [-0.2, -0.15) is 0 Å². The van der Waals surface area contributed by atoms with Gasteiger partial charge < -0.3 is 14.5 Å². The van der Waals surface area contributed by atoms with Crippen LogP contribution in [-0.4, -0.2) is 52.3 Å². The molecule has 4 rings (SSSR count). The average Bonchev–Trinajstić information content (AvgIpc) is 2.79. The van der Waals surface area contributed by atoms with Crippen LogP contribution in [0, 0.1) is 0 Å². The maximum atomic E-state index is 13.6. The van der Waals surface area contributed by atoms with Gasteiger partial charge in [-0.05, 0) is 43.4 Å². The van der Waals surface area contributed by atoms with E-state index in [1.165, 1.54) is 4.90 Å². The number of hydrogen-bond acceptors (Lipinski definition) is 4. The number of amides is 2. The molecule has 0 bridgehead atoms. The highest BCUT2D eigenvalue weighted by Gasteiger charge is 2.49. The number of carbonyl (C=O) groups excluding carboxylic acids is 3. The Morgan fingerprint density at radius 2 is 1.71 bits per heavy atom. The van der Waals surface area contributed by atoms with Crippen molar-refractivity contribution in [2.24, 2.45) is 0 Å². The molecule has 2 aromatic rings. The Balaban J connectivity index is 1.62. The number of fused-ring (bicyclic) bond motifs is 2. The van der Waals surface area contributed by atoms with E-state index in [2.05, 4.69) is 0 Å². The van der Waals surface area contributed by atoms with Gasteiger partial charge in [-0.1, -0.05) is 54.6 Å². The van der Waals surface area contributed by atoms with Crippen molar-refractivity contribution < 1.29 is 19.1 Å². The molecule has 1 fully saturated rings. The maximum absolute atomic E-state index is 13.6. The fourth-order valence-corrected chi connectivity index (χ4v) is 4.68. The number of hydrogen-bond donors (Lipinski definition) is 0. The SMILES string of the molecule is CCOC(=O)[C@H](CCc1ccccc1)N1C(=O)[C@H]2Cc3ccccc3CN2C(=O)[C@@H]1C. The molecule has 0 spiro atoms. The number of carbonyl (C=O) groups is 3. The van der Waals surface area contributed by atoms with Crippen LogP contribution in [0.2, 0.25) is 0 Å².